The Balaban J connectivity index is 2.09. The maximum Gasteiger partial charge on any atom is 0.225 e. The van der Waals surface area contributed by atoms with Gasteiger partial charge >= 0.3 is 0 Å². The first-order valence-electron chi connectivity index (χ1n) is 5.63. The van der Waals surface area contributed by atoms with Gasteiger partial charge in [-0.3, -0.25) is 4.79 Å². The molecule has 0 radical (unpaired) electrons. The van der Waals surface area contributed by atoms with Crippen molar-refractivity contribution in [2.45, 2.75) is 45.3 Å². The molecule has 0 aliphatic carbocycles. The quantitative estimate of drug-likeness (QED) is 0.690. The Hall–Kier alpha value is -0.570. The van der Waals surface area contributed by atoms with Gasteiger partial charge in [0.15, 0.2) is 0 Å². The molecule has 0 saturated carbocycles. The summed E-state index contributed by atoms with van der Waals surface area (Å²) in [4.78, 5) is 13.7. The number of carbonyl (C=O) groups is 1. The van der Waals surface area contributed by atoms with E-state index in [-0.39, 0.29) is 11.6 Å². The largest absolute Gasteiger partial charge is 0.356 e. The van der Waals surface area contributed by atoms with Crippen molar-refractivity contribution >= 4 is 5.91 Å². The zero-order valence-electron chi connectivity index (χ0n) is 9.08. The first kappa shape index (κ1) is 9.97. The van der Waals surface area contributed by atoms with E-state index >= 15 is 0 Å². The molecule has 2 saturated heterocycles. The first-order chi connectivity index (χ1) is 6.68. The summed E-state index contributed by atoms with van der Waals surface area (Å²) in [7, 11) is 0. The van der Waals surface area contributed by atoms with E-state index in [1.165, 1.54) is 0 Å². The van der Waals surface area contributed by atoms with Gasteiger partial charge in [-0.15, -0.1) is 0 Å². The number of likely N-dealkylation sites (tertiary alicyclic amines) is 1. The van der Waals surface area contributed by atoms with Crippen molar-refractivity contribution in [2.24, 2.45) is 5.92 Å². The molecule has 2 heterocycles. The van der Waals surface area contributed by atoms with Gasteiger partial charge in [-0.25, -0.2) is 0 Å². The van der Waals surface area contributed by atoms with E-state index in [1.807, 2.05) is 4.90 Å². The summed E-state index contributed by atoms with van der Waals surface area (Å²) in [5, 5.41) is 0. The number of carbonyl (C=O) groups excluding carboxylic acids is 1. The lowest BCUT2D eigenvalue weighted by Crippen LogP contribution is -2.46. The SMILES string of the molecule is CCCCN1C(=O)C[C@H]2CCO[C@@]21C. The number of ether oxygens (including phenoxy) is 1. The molecule has 2 aliphatic heterocycles. The van der Waals surface area contributed by atoms with Crippen molar-refractivity contribution in [1.82, 2.24) is 4.90 Å². The molecule has 2 atom stereocenters. The maximum atomic E-state index is 11.7. The Morgan fingerprint density at radius 3 is 3.14 bits per heavy atom. The van der Waals surface area contributed by atoms with Gasteiger partial charge in [0, 0.05) is 25.5 Å². The van der Waals surface area contributed by atoms with Gasteiger partial charge in [-0.05, 0) is 19.8 Å². The minimum atomic E-state index is -0.272. The summed E-state index contributed by atoms with van der Waals surface area (Å²) >= 11 is 0. The van der Waals surface area contributed by atoms with Crippen molar-refractivity contribution in [1.29, 1.82) is 0 Å². The Labute approximate surface area is 85.4 Å². The Kier molecular flexibility index (Phi) is 2.52. The lowest BCUT2D eigenvalue weighted by atomic mass is 9.97. The van der Waals surface area contributed by atoms with E-state index in [0.717, 1.165) is 32.4 Å². The monoisotopic (exact) mass is 197 g/mol. The van der Waals surface area contributed by atoms with Crippen LogP contribution >= 0.6 is 0 Å². The molecule has 0 N–H and O–H groups in total. The van der Waals surface area contributed by atoms with Crippen LogP contribution in [0.3, 0.4) is 0 Å². The zero-order valence-corrected chi connectivity index (χ0v) is 9.08. The van der Waals surface area contributed by atoms with Gasteiger partial charge in [0.1, 0.15) is 5.72 Å². The van der Waals surface area contributed by atoms with Crippen LogP contribution in [0.4, 0.5) is 0 Å². The van der Waals surface area contributed by atoms with E-state index in [2.05, 4.69) is 13.8 Å². The van der Waals surface area contributed by atoms with E-state index in [0.29, 0.717) is 12.3 Å². The second kappa shape index (κ2) is 3.54. The van der Waals surface area contributed by atoms with Gasteiger partial charge in [0.25, 0.3) is 0 Å². The molecular weight excluding hydrogens is 178 g/mol. The fraction of sp³-hybridized carbons (Fsp3) is 0.909. The molecular formula is C11H19NO2. The number of unbranched alkanes of at least 4 members (excludes halogenated alkanes) is 1. The van der Waals surface area contributed by atoms with Crippen LogP contribution in [0.25, 0.3) is 0 Å². The van der Waals surface area contributed by atoms with E-state index < -0.39 is 0 Å². The van der Waals surface area contributed by atoms with Crippen LogP contribution in [0, 0.1) is 5.92 Å². The van der Waals surface area contributed by atoms with E-state index in [9.17, 15) is 4.79 Å². The molecule has 0 aromatic rings. The minimum absolute atomic E-state index is 0.272. The normalized spacial score (nSPS) is 36.6. The standard InChI is InChI=1S/C11H19NO2/c1-3-4-6-12-10(13)8-9-5-7-14-11(9,12)2/h9H,3-8H2,1-2H3/t9-,11+/m1/s1. The number of hydrogen-bond acceptors (Lipinski definition) is 2. The molecule has 3 nitrogen and oxygen atoms in total. The van der Waals surface area contributed by atoms with Crippen LogP contribution in [-0.4, -0.2) is 29.7 Å². The van der Waals surface area contributed by atoms with Crippen LogP contribution in [0.5, 0.6) is 0 Å². The Morgan fingerprint density at radius 2 is 2.43 bits per heavy atom. The van der Waals surface area contributed by atoms with Crippen LogP contribution < -0.4 is 0 Å². The lowest BCUT2D eigenvalue weighted by molar-refractivity contribution is -0.148. The van der Waals surface area contributed by atoms with Gasteiger partial charge in [-0.2, -0.15) is 0 Å². The number of hydrogen-bond donors (Lipinski definition) is 0. The molecule has 2 aliphatic rings. The van der Waals surface area contributed by atoms with Crippen molar-refractivity contribution in [3.63, 3.8) is 0 Å². The maximum absolute atomic E-state index is 11.7. The predicted molar refractivity (Wildman–Crippen MR) is 53.7 cm³/mol. The number of rotatable bonds is 3. The molecule has 14 heavy (non-hydrogen) atoms. The van der Waals surface area contributed by atoms with Crippen LogP contribution in [0.15, 0.2) is 0 Å². The van der Waals surface area contributed by atoms with Gasteiger partial charge in [0.2, 0.25) is 5.91 Å². The molecule has 0 aromatic heterocycles. The van der Waals surface area contributed by atoms with Gasteiger partial charge in [0.05, 0.1) is 0 Å². The van der Waals surface area contributed by atoms with E-state index in [4.69, 9.17) is 4.74 Å². The highest BCUT2D eigenvalue weighted by atomic mass is 16.5. The molecule has 0 aromatic carbocycles. The highest BCUT2D eigenvalue weighted by Gasteiger charge is 2.52. The summed E-state index contributed by atoms with van der Waals surface area (Å²) < 4.78 is 5.75. The summed E-state index contributed by atoms with van der Waals surface area (Å²) in [6.45, 7) is 5.90. The number of amides is 1. The summed E-state index contributed by atoms with van der Waals surface area (Å²) in [6.07, 6.45) is 3.95. The predicted octanol–water partition coefficient (Wildman–Crippen LogP) is 1.77. The summed E-state index contributed by atoms with van der Waals surface area (Å²) in [5.74, 6) is 0.720. The summed E-state index contributed by atoms with van der Waals surface area (Å²) in [5.41, 5.74) is -0.272. The molecule has 0 spiro atoms. The van der Waals surface area contributed by atoms with Crippen LogP contribution in [0.1, 0.15) is 39.5 Å². The van der Waals surface area contributed by atoms with Crippen molar-refractivity contribution in [3.8, 4) is 0 Å². The van der Waals surface area contributed by atoms with Crippen molar-refractivity contribution in [2.75, 3.05) is 13.2 Å². The highest BCUT2D eigenvalue weighted by Crippen LogP contribution is 2.43. The minimum Gasteiger partial charge on any atom is -0.356 e. The van der Waals surface area contributed by atoms with E-state index in [1.54, 1.807) is 0 Å². The van der Waals surface area contributed by atoms with Crippen molar-refractivity contribution < 1.29 is 9.53 Å². The topological polar surface area (TPSA) is 29.5 Å². The smallest absolute Gasteiger partial charge is 0.225 e. The average molecular weight is 197 g/mol. The third-order valence-electron chi connectivity index (χ3n) is 3.61. The van der Waals surface area contributed by atoms with Crippen LogP contribution in [0.2, 0.25) is 0 Å². The summed E-state index contributed by atoms with van der Waals surface area (Å²) in [6, 6.07) is 0. The second-order valence-electron chi connectivity index (χ2n) is 4.49. The van der Waals surface area contributed by atoms with Crippen LogP contribution in [-0.2, 0) is 9.53 Å². The average Bonchev–Trinajstić information content (AvgIpc) is 2.58. The van der Waals surface area contributed by atoms with Gasteiger partial charge < -0.3 is 9.64 Å². The molecule has 2 rings (SSSR count). The van der Waals surface area contributed by atoms with Gasteiger partial charge in [-0.1, -0.05) is 13.3 Å². The lowest BCUT2D eigenvalue weighted by Gasteiger charge is -2.34. The highest BCUT2D eigenvalue weighted by molar-refractivity contribution is 5.80. The molecule has 0 unspecified atom stereocenters. The molecule has 80 valence electrons. The second-order valence-corrected chi connectivity index (χ2v) is 4.49. The molecule has 0 bridgehead atoms. The molecule has 3 heteroatoms. The number of nitrogens with zero attached hydrogens (tertiary/aromatic N) is 1. The van der Waals surface area contributed by atoms with Crippen molar-refractivity contribution in [3.05, 3.63) is 0 Å². The Bertz CT molecular complexity index is 241. The Morgan fingerprint density at radius 1 is 1.64 bits per heavy atom. The third kappa shape index (κ3) is 1.34. The molecule has 2 fully saturated rings. The number of fused-ring (bicyclic) bond motifs is 1. The fourth-order valence-corrected chi connectivity index (χ4v) is 2.61. The fourth-order valence-electron chi connectivity index (χ4n) is 2.61. The first-order valence-corrected chi connectivity index (χ1v) is 5.63. The zero-order chi connectivity index (χ0) is 10.2. The third-order valence-corrected chi connectivity index (χ3v) is 3.61. The molecule has 1 amide bonds.